The van der Waals surface area contributed by atoms with E-state index in [1.54, 1.807) is 18.6 Å². The number of nitrogens with two attached hydrogens (primary N) is 1. The third-order valence-electron chi connectivity index (χ3n) is 10.6. The van der Waals surface area contributed by atoms with E-state index in [-0.39, 0.29) is 17.6 Å². The summed E-state index contributed by atoms with van der Waals surface area (Å²) in [5, 5.41) is 3.32. The van der Waals surface area contributed by atoms with Crippen molar-refractivity contribution in [2.45, 2.75) is 90.1 Å². The molecular formula is C41H49N7O3. The smallest absolute Gasteiger partial charge is 0.258 e. The quantitative estimate of drug-likeness (QED) is 0.140. The van der Waals surface area contributed by atoms with Gasteiger partial charge in [-0.3, -0.25) is 14.6 Å². The number of pyridine rings is 1. The number of unbranched alkanes of at least 4 members (excludes halogenated alkanes) is 4. The number of aryl methyl sites for hydroxylation is 2. The van der Waals surface area contributed by atoms with Gasteiger partial charge in [0.25, 0.3) is 5.88 Å². The van der Waals surface area contributed by atoms with Gasteiger partial charge in [0.2, 0.25) is 11.8 Å². The standard InChI is InChI=1S/C41H49N7O3/c42-40-41(51-28-29-18-20-43-21-19-29)45-36(27-44-40)30-14-16-33(17-15-30)47-22-24-48(25-23-47)38(50)13-5-3-1-2-4-12-37(49)46-39-34-10-6-8-31(34)26-32-9-7-11-35(32)39/h14-21,26-27H,1-13,22-25,28H2,(H2,42,44)(H,46,49). The van der Waals surface area contributed by atoms with Gasteiger partial charge in [0.15, 0.2) is 5.82 Å². The number of aromatic nitrogens is 3. The SMILES string of the molecule is Nc1ncc(-c2ccc(N3CCN(C(=O)CCCCCCCC(=O)Nc4c5c(cc6c4CCC6)CCC5)CC3)cc2)nc1OCc1ccncc1. The normalized spacial score (nSPS) is 15.1. The molecule has 1 fully saturated rings. The number of amides is 2. The number of hydrogen-bond donors (Lipinski definition) is 2. The van der Waals surface area contributed by atoms with Gasteiger partial charge in [-0.15, -0.1) is 0 Å². The fraction of sp³-hybridized carbons (Fsp3) is 0.439. The number of anilines is 3. The van der Waals surface area contributed by atoms with Gasteiger partial charge >= 0.3 is 0 Å². The van der Waals surface area contributed by atoms with Crippen LogP contribution in [0.3, 0.4) is 0 Å². The van der Waals surface area contributed by atoms with Gasteiger partial charge in [0.05, 0.1) is 11.9 Å². The molecule has 51 heavy (non-hydrogen) atoms. The predicted octanol–water partition coefficient (Wildman–Crippen LogP) is 6.70. The topological polar surface area (TPSA) is 127 Å². The van der Waals surface area contributed by atoms with E-state index in [1.807, 2.05) is 29.2 Å². The maximum Gasteiger partial charge on any atom is 0.258 e. The maximum absolute atomic E-state index is 13.0. The van der Waals surface area contributed by atoms with Crippen molar-refractivity contribution in [3.05, 3.63) is 88.9 Å². The number of rotatable bonds is 14. The molecule has 0 radical (unpaired) electrons. The highest BCUT2D eigenvalue weighted by Crippen LogP contribution is 2.38. The van der Waals surface area contributed by atoms with Gasteiger partial charge in [0.1, 0.15) is 6.61 Å². The van der Waals surface area contributed by atoms with Gasteiger partial charge in [-0.2, -0.15) is 0 Å². The maximum atomic E-state index is 13.0. The number of nitrogen functional groups attached to an aromatic ring is 1. The van der Waals surface area contributed by atoms with Crippen LogP contribution in [0.15, 0.2) is 61.1 Å². The molecule has 0 spiro atoms. The molecule has 3 heterocycles. The fourth-order valence-corrected chi connectivity index (χ4v) is 7.73. The summed E-state index contributed by atoms with van der Waals surface area (Å²) in [6, 6.07) is 14.4. The van der Waals surface area contributed by atoms with Crippen LogP contribution in [0.25, 0.3) is 11.3 Å². The van der Waals surface area contributed by atoms with Crippen molar-refractivity contribution in [2.75, 3.05) is 42.1 Å². The average Bonchev–Trinajstić information content (AvgIpc) is 3.85. The van der Waals surface area contributed by atoms with E-state index in [4.69, 9.17) is 10.5 Å². The molecule has 3 N–H and O–H groups in total. The number of carbonyl (C=O) groups is 2. The minimum absolute atomic E-state index is 0.156. The van der Waals surface area contributed by atoms with Crippen molar-refractivity contribution in [1.29, 1.82) is 0 Å². The Kier molecular flexibility index (Phi) is 11.1. The number of carbonyl (C=O) groups excluding carboxylic acids is 2. The molecule has 3 aliphatic rings. The summed E-state index contributed by atoms with van der Waals surface area (Å²) >= 11 is 0. The van der Waals surface area contributed by atoms with Crippen molar-refractivity contribution in [3.63, 3.8) is 0 Å². The van der Waals surface area contributed by atoms with Gasteiger partial charge < -0.3 is 25.6 Å². The number of benzene rings is 2. The molecule has 10 heteroatoms. The first-order valence-electron chi connectivity index (χ1n) is 18.8. The van der Waals surface area contributed by atoms with Crippen LogP contribution in [-0.2, 0) is 41.9 Å². The molecule has 0 unspecified atom stereocenters. The molecule has 0 saturated carbocycles. The van der Waals surface area contributed by atoms with Crippen LogP contribution in [-0.4, -0.2) is 57.8 Å². The monoisotopic (exact) mass is 687 g/mol. The summed E-state index contributed by atoms with van der Waals surface area (Å²) < 4.78 is 5.84. The molecule has 1 aliphatic heterocycles. The number of fused-ring (bicyclic) bond motifs is 2. The summed E-state index contributed by atoms with van der Waals surface area (Å²) in [7, 11) is 0. The summed E-state index contributed by atoms with van der Waals surface area (Å²) in [6.07, 6.45) is 18.1. The van der Waals surface area contributed by atoms with Gasteiger partial charge in [-0.25, -0.2) is 9.97 Å². The number of nitrogens with zero attached hydrogens (tertiary/aromatic N) is 5. The highest BCUT2D eigenvalue weighted by Gasteiger charge is 2.25. The van der Waals surface area contributed by atoms with E-state index in [2.05, 4.69) is 43.4 Å². The van der Waals surface area contributed by atoms with Crippen molar-refractivity contribution >= 4 is 29.0 Å². The zero-order valence-corrected chi connectivity index (χ0v) is 29.5. The number of ether oxygens (including phenoxy) is 1. The lowest BCUT2D eigenvalue weighted by Gasteiger charge is -2.36. The lowest BCUT2D eigenvalue weighted by atomic mass is 9.98. The second-order valence-electron chi connectivity index (χ2n) is 14.1. The van der Waals surface area contributed by atoms with E-state index in [0.717, 1.165) is 106 Å². The van der Waals surface area contributed by atoms with E-state index in [0.29, 0.717) is 31.0 Å². The Balaban J connectivity index is 0.787. The number of hydrogen-bond acceptors (Lipinski definition) is 8. The Hall–Kier alpha value is -4.99. The zero-order chi connectivity index (χ0) is 35.0. The van der Waals surface area contributed by atoms with Crippen molar-refractivity contribution in [2.24, 2.45) is 0 Å². The van der Waals surface area contributed by atoms with Gasteiger partial charge in [-0.05, 0) is 103 Å². The average molecular weight is 688 g/mol. The van der Waals surface area contributed by atoms with Crippen LogP contribution in [0, 0.1) is 0 Å². The molecular weight excluding hydrogens is 638 g/mol. The summed E-state index contributed by atoms with van der Waals surface area (Å²) in [5.41, 5.74) is 16.6. The lowest BCUT2D eigenvalue weighted by Crippen LogP contribution is -2.48. The van der Waals surface area contributed by atoms with E-state index in [1.165, 1.54) is 35.1 Å². The molecule has 10 nitrogen and oxygen atoms in total. The molecule has 2 aromatic heterocycles. The highest BCUT2D eigenvalue weighted by atomic mass is 16.5. The summed E-state index contributed by atoms with van der Waals surface area (Å²) in [6.45, 7) is 3.39. The van der Waals surface area contributed by atoms with Crippen LogP contribution >= 0.6 is 0 Å². The summed E-state index contributed by atoms with van der Waals surface area (Å²) in [4.78, 5) is 43.1. The minimum atomic E-state index is 0.156. The molecule has 4 aromatic rings. The lowest BCUT2D eigenvalue weighted by molar-refractivity contribution is -0.131. The fourth-order valence-electron chi connectivity index (χ4n) is 7.73. The van der Waals surface area contributed by atoms with E-state index >= 15 is 0 Å². The molecule has 2 aromatic carbocycles. The largest absolute Gasteiger partial charge is 0.470 e. The van der Waals surface area contributed by atoms with Gasteiger partial charge in [-0.1, -0.05) is 37.5 Å². The van der Waals surface area contributed by atoms with Crippen molar-refractivity contribution in [3.8, 4) is 17.1 Å². The predicted molar refractivity (Wildman–Crippen MR) is 201 cm³/mol. The first-order chi connectivity index (χ1) is 25.0. The molecule has 266 valence electrons. The zero-order valence-electron chi connectivity index (χ0n) is 29.5. The second kappa shape index (κ2) is 16.4. The first kappa shape index (κ1) is 34.5. The Morgan fingerprint density at radius 2 is 1.47 bits per heavy atom. The van der Waals surface area contributed by atoms with Crippen molar-refractivity contribution < 1.29 is 14.3 Å². The van der Waals surface area contributed by atoms with Crippen LogP contribution in [0.1, 0.15) is 85.6 Å². The Labute approximate surface area is 300 Å². The molecule has 0 atom stereocenters. The number of piperazine rings is 1. The Bertz CT molecular complexity index is 1790. The Morgan fingerprint density at radius 1 is 0.804 bits per heavy atom. The van der Waals surface area contributed by atoms with E-state index in [9.17, 15) is 9.59 Å². The third kappa shape index (κ3) is 8.49. The molecule has 0 bridgehead atoms. The second-order valence-corrected chi connectivity index (χ2v) is 14.1. The van der Waals surface area contributed by atoms with Crippen LogP contribution < -0.4 is 20.7 Å². The van der Waals surface area contributed by atoms with Crippen molar-refractivity contribution in [1.82, 2.24) is 19.9 Å². The first-order valence-corrected chi connectivity index (χ1v) is 18.8. The third-order valence-corrected chi connectivity index (χ3v) is 10.6. The minimum Gasteiger partial charge on any atom is -0.470 e. The molecule has 7 rings (SSSR count). The molecule has 2 amide bonds. The summed E-state index contributed by atoms with van der Waals surface area (Å²) in [5.74, 6) is 0.961. The Morgan fingerprint density at radius 3 is 2.18 bits per heavy atom. The van der Waals surface area contributed by atoms with Crippen LogP contribution in [0.4, 0.5) is 17.2 Å². The van der Waals surface area contributed by atoms with Crippen LogP contribution in [0.2, 0.25) is 0 Å². The molecule has 2 aliphatic carbocycles. The van der Waals surface area contributed by atoms with E-state index < -0.39 is 0 Å². The number of nitrogens with one attached hydrogen (secondary N) is 1. The highest BCUT2D eigenvalue weighted by molar-refractivity contribution is 5.93. The van der Waals surface area contributed by atoms with Crippen LogP contribution in [0.5, 0.6) is 5.88 Å². The molecule has 1 saturated heterocycles. The van der Waals surface area contributed by atoms with Gasteiger partial charge in [0, 0.05) is 68.4 Å².